The van der Waals surface area contributed by atoms with Gasteiger partial charge in [0.15, 0.2) is 0 Å². The third-order valence-electron chi connectivity index (χ3n) is 4.49. The molecule has 0 radical (unpaired) electrons. The summed E-state index contributed by atoms with van der Waals surface area (Å²) in [5.41, 5.74) is 2.85. The normalized spacial score (nSPS) is 13.6. The number of hydrogen-bond acceptors (Lipinski definition) is 3. The van der Waals surface area contributed by atoms with E-state index in [1.807, 2.05) is 61.5 Å². The lowest BCUT2D eigenvalue weighted by Gasteiger charge is -2.15. The minimum Gasteiger partial charge on any atom is -0.346 e. The van der Waals surface area contributed by atoms with Crippen molar-refractivity contribution in [3.8, 4) is 0 Å². The molecule has 0 aliphatic carbocycles. The fraction of sp³-hybridized carbons (Fsp3) is 0.0909. The minimum atomic E-state index is -0.171. The maximum absolute atomic E-state index is 12.7. The summed E-state index contributed by atoms with van der Waals surface area (Å²) in [6.45, 7) is 1.95. The minimum absolute atomic E-state index is 0.106. The van der Waals surface area contributed by atoms with Crippen molar-refractivity contribution in [3.63, 3.8) is 0 Å². The van der Waals surface area contributed by atoms with Crippen LogP contribution in [0.1, 0.15) is 39.2 Å². The molecule has 134 valence electrons. The first-order chi connectivity index (χ1) is 13.1. The van der Waals surface area contributed by atoms with Crippen LogP contribution < -0.4 is 10.6 Å². The van der Waals surface area contributed by atoms with Crippen LogP contribution in [0.5, 0.6) is 0 Å². The predicted octanol–water partition coefficient (Wildman–Crippen LogP) is 4.89. The second kappa shape index (κ2) is 7.29. The second-order valence-electron chi connectivity index (χ2n) is 6.37. The Labute approximate surface area is 162 Å². The number of hydrogen-bond donors (Lipinski definition) is 2. The van der Waals surface area contributed by atoms with E-state index in [2.05, 4.69) is 10.6 Å². The molecule has 2 N–H and O–H groups in total. The zero-order chi connectivity index (χ0) is 18.8. The SMILES string of the molecule is C[C@H](NC(=O)c1ccc2c(c1)NC(=O)c1ccccc1S2)c1ccccc1. The molecule has 4 nitrogen and oxygen atoms in total. The van der Waals surface area contributed by atoms with E-state index >= 15 is 0 Å². The molecular weight excluding hydrogens is 356 g/mol. The summed E-state index contributed by atoms with van der Waals surface area (Å²) in [5.74, 6) is -0.331. The number of amides is 2. The third kappa shape index (κ3) is 3.59. The Morgan fingerprint density at radius 3 is 2.52 bits per heavy atom. The Bertz CT molecular complexity index is 1020. The number of anilines is 1. The Hall–Kier alpha value is -3.05. The summed E-state index contributed by atoms with van der Waals surface area (Å²) < 4.78 is 0. The van der Waals surface area contributed by atoms with Gasteiger partial charge in [0.1, 0.15) is 0 Å². The quantitative estimate of drug-likeness (QED) is 0.686. The lowest BCUT2D eigenvalue weighted by molar-refractivity contribution is 0.0938. The number of rotatable bonds is 3. The fourth-order valence-electron chi connectivity index (χ4n) is 3.01. The summed E-state index contributed by atoms with van der Waals surface area (Å²) in [5, 5.41) is 5.92. The van der Waals surface area contributed by atoms with Crippen molar-refractivity contribution in [2.45, 2.75) is 22.8 Å². The molecule has 2 amide bonds. The van der Waals surface area contributed by atoms with E-state index < -0.39 is 0 Å². The van der Waals surface area contributed by atoms with Crippen LogP contribution in [0.3, 0.4) is 0 Å². The topological polar surface area (TPSA) is 58.2 Å². The molecule has 0 bridgehead atoms. The monoisotopic (exact) mass is 374 g/mol. The molecule has 0 aromatic heterocycles. The molecule has 0 spiro atoms. The van der Waals surface area contributed by atoms with Crippen molar-refractivity contribution < 1.29 is 9.59 Å². The highest BCUT2D eigenvalue weighted by molar-refractivity contribution is 7.99. The van der Waals surface area contributed by atoms with Gasteiger partial charge in [0.05, 0.1) is 17.3 Å². The molecule has 1 aliphatic rings. The Kier molecular flexibility index (Phi) is 4.69. The van der Waals surface area contributed by atoms with Crippen molar-refractivity contribution >= 4 is 29.3 Å². The zero-order valence-electron chi connectivity index (χ0n) is 14.7. The van der Waals surface area contributed by atoms with Gasteiger partial charge in [-0.25, -0.2) is 0 Å². The summed E-state index contributed by atoms with van der Waals surface area (Å²) in [6, 6.07) is 22.6. The first kappa shape index (κ1) is 17.4. The van der Waals surface area contributed by atoms with E-state index in [1.54, 1.807) is 18.2 Å². The molecule has 0 saturated carbocycles. The number of carbonyl (C=O) groups is 2. The van der Waals surface area contributed by atoms with E-state index in [4.69, 9.17) is 0 Å². The smallest absolute Gasteiger partial charge is 0.256 e. The molecule has 27 heavy (non-hydrogen) atoms. The Morgan fingerprint density at radius 2 is 1.70 bits per heavy atom. The van der Waals surface area contributed by atoms with Crippen LogP contribution in [0.25, 0.3) is 0 Å². The molecule has 1 heterocycles. The Balaban J connectivity index is 1.57. The molecular formula is C22H18N2O2S. The fourth-order valence-corrected chi connectivity index (χ4v) is 4.02. The molecule has 0 saturated heterocycles. The lowest BCUT2D eigenvalue weighted by Crippen LogP contribution is -2.26. The maximum Gasteiger partial charge on any atom is 0.256 e. The van der Waals surface area contributed by atoms with Crippen LogP contribution in [0, 0.1) is 0 Å². The van der Waals surface area contributed by atoms with Gasteiger partial charge < -0.3 is 10.6 Å². The van der Waals surface area contributed by atoms with E-state index in [-0.39, 0.29) is 17.9 Å². The first-order valence-corrected chi connectivity index (χ1v) is 9.51. The zero-order valence-corrected chi connectivity index (χ0v) is 15.5. The molecule has 1 aliphatic heterocycles. The van der Waals surface area contributed by atoms with Gasteiger partial charge in [-0.15, -0.1) is 0 Å². The van der Waals surface area contributed by atoms with Gasteiger partial charge in [-0.1, -0.05) is 54.2 Å². The summed E-state index contributed by atoms with van der Waals surface area (Å²) in [6.07, 6.45) is 0. The van der Waals surface area contributed by atoms with Crippen molar-refractivity contribution in [2.75, 3.05) is 5.32 Å². The van der Waals surface area contributed by atoms with Gasteiger partial charge in [-0.3, -0.25) is 9.59 Å². The average Bonchev–Trinajstić information content (AvgIpc) is 2.84. The van der Waals surface area contributed by atoms with Gasteiger partial charge in [0, 0.05) is 15.4 Å². The van der Waals surface area contributed by atoms with Gasteiger partial charge >= 0.3 is 0 Å². The molecule has 1 atom stereocenters. The number of nitrogens with one attached hydrogen (secondary N) is 2. The molecule has 0 unspecified atom stereocenters. The Morgan fingerprint density at radius 1 is 0.963 bits per heavy atom. The van der Waals surface area contributed by atoms with E-state index in [0.29, 0.717) is 16.8 Å². The van der Waals surface area contributed by atoms with Crippen molar-refractivity contribution in [1.82, 2.24) is 5.32 Å². The first-order valence-electron chi connectivity index (χ1n) is 8.70. The number of fused-ring (bicyclic) bond motifs is 2. The van der Waals surface area contributed by atoms with Gasteiger partial charge in [0.25, 0.3) is 11.8 Å². The van der Waals surface area contributed by atoms with Crippen molar-refractivity contribution in [2.24, 2.45) is 0 Å². The predicted molar refractivity (Wildman–Crippen MR) is 107 cm³/mol. The van der Waals surface area contributed by atoms with Gasteiger partial charge in [0.2, 0.25) is 0 Å². The summed E-state index contributed by atoms with van der Waals surface area (Å²) in [4.78, 5) is 27.0. The number of carbonyl (C=O) groups excluding carboxylic acids is 2. The molecule has 5 heteroatoms. The van der Waals surface area contributed by atoms with E-state index in [0.717, 1.165) is 15.4 Å². The largest absolute Gasteiger partial charge is 0.346 e. The van der Waals surface area contributed by atoms with Gasteiger partial charge in [-0.05, 0) is 42.8 Å². The average molecular weight is 374 g/mol. The summed E-state index contributed by atoms with van der Waals surface area (Å²) >= 11 is 1.52. The summed E-state index contributed by atoms with van der Waals surface area (Å²) in [7, 11) is 0. The highest BCUT2D eigenvalue weighted by atomic mass is 32.2. The van der Waals surface area contributed by atoms with Crippen LogP contribution in [0.2, 0.25) is 0 Å². The van der Waals surface area contributed by atoms with Crippen LogP contribution in [-0.4, -0.2) is 11.8 Å². The lowest BCUT2D eigenvalue weighted by atomic mass is 10.1. The third-order valence-corrected chi connectivity index (χ3v) is 5.64. The van der Waals surface area contributed by atoms with Gasteiger partial charge in [-0.2, -0.15) is 0 Å². The van der Waals surface area contributed by atoms with Crippen LogP contribution in [-0.2, 0) is 0 Å². The second-order valence-corrected chi connectivity index (χ2v) is 7.45. The highest BCUT2D eigenvalue weighted by Crippen LogP contribution is 2.39. The molecule has 0 fully saturated rings. The van der Waals surface area contributed by atoms with Crippen molar-refractivity contribution in [3.05, 3.63) is 89.5 Å². The van der Waals surface area contributed by atoms with Crippen LogP contribution in [0.15, 0.2) is 82.6 Å². The maximum atomic E-state index is 12.7. The van der Waals surface area contributed by atoms with Crippen LogP contribution >= 0.6 is 11.8 Å². The van der Waals surface area contributed by atoms with E-state index in [1.165, 1.54) is 11.8 Å². The molecule has 3 aromatic carbocycles. The van der Waals surface area contributed by atoms with E-state index in [9.17, 15) is 9.59 Å². The standard InChI is InChI=1S/C22H18N2O2S/c1-14(15-7-3-2-4-8-15)23-21(25)16-11-12-20-18(13-16)24-22(26)17-9-5-6-10-19(17)27-20/h2-14H,1H3,(H,23,25)(H,24,26)/t14-/m0/s1. The number of benzene rings is 3. The highest BCUT2D eigenvalue weighted by Gasteiger charge is 2.21. The molecule has 3 aromatic rings. The van der Waals surface area contributed by atoms with Crippen LogP contribution in [0.4, 0.5) is 5.69 Å². The van der Waals surface area contributed by atoms with Crippen molar-refractivity contribution in [1.29, 1.82) is 0 Å². The molecule has 4 rings (SSSR count).